The van der Waals surface area contributed by atoms with Gasteiger partial charge in [0, 0.05) is 25.2 Å². The Hall–Kier alpha value is -1.13. The molecular weight excluding hydrogens is 243 g/mol. The number of likely N-dealkylation sites (tertiary alicyclic amines) is 1. The lowest BCUT2D eigenvalue weighted by atomic mass is 10.1. The van der Waals surface area contributed by atoms with Crippen molar-refractivity contribution >= 4 is 5.69 Å². The van der Waals surface area contributed by atoms with Crippen LogP contribution in [-0.4, -0.2) is 43.2 Å². The highest BCUT2D eigenvalue weighted by Crippen LogP contribution is 2.29. The molecule has 0 saturated carbocycles. The van der Waals surface area contributed by atoms with E-state index >= 15 is 0 Å². The van der Waals surface area contributed by atoms with Crippen molar-refractivity contribution in [3.63, 3.8) is 0 Å². The summed E-state index contributed by atoms with van der Waals surface area (Å²) in [6.45, 7) is 3.57. The Morgan fingerprint density at radius 1 is 1.53 bits per heavy atom. The maximum absolute atomic E-state index is 14.1. The summed E-state index contributed by atoms with van der Waals surface area (Å²) in [4.78, 5) is 4.25. The highest BCUT2D eigenvalue weighted by atomic mass is 19.1. The number of halogens is 1. The predicted molar refractivity (Wildman–Crippen MR) is 76.0 cm³/mol. The molecule has 0 aromatic heterocycles. The summed E-state index contributed by atoms with van der Waals surface area (Å²) >= 11 is 0. The van der Waals surface area contributed by atoms with Gasteiger partial charge in [-0.15, -0.1) is 0 Å². The number of aliphatic hydroxyl groups is 1. The van der Waals surface area contributed by atoms with Crippen molar-refractivity contribution in [2.75, 3.05) is 32.1 Å². The number of hydrogen-bond donors (Lipinski definition) is 1. The summed E-state index contributed by atoms with van der Waals surface area (Å²) in [6, 6.07) is 5.36. The van der Waals surface area contributed by atoms with Gasteiger partial charge in [-0.3, -0.25) is 0 Å². The van der Waals surface area contributed by atoms with Gasteiger partial charge in [0.15, 0.2) is 0 Å². The molecule has 0 bridgehead atoms. The molecule has 1 saturated heterocycles. The summed E-state index contributed by atoms with van der Waals surface area (Å²) in [5, 5.41) is 9.79. The third kappa shape index (κ3) is 3.07. The van der Waals surface area contributed by atoms with Gasteiger partial charge in [-0.1, -0.05) is 12.1 Å². The van der Waals surface area contributed by atoms with E-state index in [1.54, 1.807) is 19.1 Å². The summed E-state index contributed by atoms with van der Waals surface area (Å²) < 4.78 is 14.1. The standard InChI is InChI=1S/C15H23FN2O/c1-11(19)13-7-4-8-14(16)15(13)18(3)10-12-6-5-9-17(12)2/h4,7-8,11-12,19H,5-6,9-10H2,1-3H3. The van der Waals surface area contributed by atoms with Crippen molar-refractivity contribution in [1.82, 2.24) is 4.90 Å². The zero-order valence-corrected chi connectivity index (χ0v) is 11.9. The van der Waals surface area contributed by atoms with E-state index in [4.69, 9.17) is 0 Å². The van der Waals surface area contributed by atoms with Crippen LogP contribution in [0.4, 0.5) is 10.1 Å². The van der Waals surface area contributed by atoms with E-state index in [1.807, 2.05) is 11.9 Å². The van der Waals surface area contributed by atoms with E-state index in [2.05, 4.69) is 11.9 Å². The molecule has 106 valence electrons. The second kappa shape index (κ2) is 5.88. The molecule has 2 atom stereocenters. The Morgan fingerprint density at radius 2 is 2.26 bits per heavy atom. The summed E-state index contributed by atoms with van der Waals surface area (Å²) in [7, 11) is 4.01. The molecule has 0 radical (unpaired) electrons. The average Bonchev–Trinajstić information content (AvgIpc) is 2.74. The highest BCUT2D eigenvalue weighted by molar-refractivity contribution is 5.55. The molecule has 0 aliphatic carbocycles. The van der Waals surface area contributed by atoms with Crippen LogP contribution in [0, 0.1) is 5.82 Å². The quantitative estimate of drug-likeness (QED) is 0.906. The molecule has 1 aromatic carbocycles. The van der Waals surface area contributed by atoms with E-state index in [-0.39, 0.29) is 5.82 Å². The number of rotatable bonds is 4. The first kappa shape index (κ1) is 14.3. The second-order valence-corrected chi connectivity index (χ2v) is 5.51. The van der Waals surface area contributed by atoms with Gasteiger partial charge in [-0.2, -0.15) is 0 Å². The van der Waals surface area contributed by atoms with E-state index in [9.17, 15) is 9.50 Å². The maximum atomic E-state index is 14.1. The number of benzene rings is 1. The number of nitrogens with zero attached hydrogens (tertiary/aromatic N) is 2. The fourth-order valence-corrected chi connectivity index (χ4v) is 2.89. The highest BCUT2D eigenvalue weighted by Gasteiger charge is 2.24. The summed E-state index contributed by atoms with van der Waals surface area (Å²) in [5.41, 5.74) is 1.18. The van der Waals surface area contributed by atoms with Gasteiger partial charge >= 0.3 is 0 Å². The van der Waals surface area contributed by atoms with Crippen molar-refractivity contribution < 1.29 is 9.50 Å². The molecule has 1 heterocycles. The molecule has 0 amide bonds. The summed E-state index contributed by atoms with van der Waals surface area (Å²) in [6.07, 6.45) is 1.70. The number of para-hydroxylation sites is 1. The molecule has 2 unspecified atom stereocenters. The van der Waals surface area contributed by atoms with Crippen molar-refractivity contribution in [3.05, 3.63) is 29.6 Å². The first-order valence-corrected chi connectivity index (χ1v) is 6.88. The number of hydrogen-bond acceptors (Lipinski definition) is 3. The Balaban J connectivity index is 2.20. The van der Waals surface area contributed by atoms with Gasteiger partial charge in [-0.05, 0) is 39.4 Å². The lowest BCUT2D eigenvalue weighted by molar-refractivity contribution is 0.199. The average molecular weight is 266 g/mol. The topological polar surface area (TPSA) is 26.7 Å². The maximum Gasteiger partial charge on any atom is 0.146 e. The van der Waals surface area contributed by atoms with Crippen LogP contribution in [0.3, 0.4) is 0 Å². The predicted octanol–water partition coefficient (Wildman–Crippen LogP) is 2.41. The Morgan fingerprint density at radius 3 is 2.84 bits per heavy atom. The van der Waals surface area contributed by atoms with Crippen molar-refractivity contribution in [1.29, 1.82) is 0 Å². The Kier molecular flexibility index (Phi) is 4.42. The molecular formula is C15H23FN2O. The van der Waals surface area contributed by atoms with Crippen LogP contribution >= 0.6 is 0 Å². The minimum atomic E-state index is -0.658. The molecule has 1 aliphatic rings. The van der Waals surface area contributed by atoms with Crippen molar-refractivity contribution in [2.24, 2.45) is 0 Å². The van der Waals surface area contributed by atoms with Crippen molar-refractivity contribution in [3.8, 4) is 0 Å². The van der Waals surface area contributed by atoms with Gasteiger partial charge in [-0.25, -0.2) is 4.39 Å². The van der Waals surface area contributed by atoms with E-state index < -0.39 is 6.10 Å². The minimum absolute atomic E-state index is 0.262. The molecule has 1 aromatic rings. The van der Waals surface area contributed by atoms with Gasteiger partial charge in [0.2, 0.25) is 0 Å². The third-order valence-corrected chi connectivity index (χ3v) is 4.01. The van der Waals surface area contributed by atoms with Crippen LogP contribution in [0.15, 0.2) is 18.2 Å². The largest absolute Gasteiger partial charge is 0.389 e. The lowest BCUT2D eigenvalue weighted by Crippen LogP contribution is -2.37. The van der Waals surface area contributed by atoms with E-state index in [0.717, 1.165) is 19.5 Å². The van der Waals surface area contributed by atoms with Crippen LogP contribution in [0.25, 0.3) is 0 Å². The van der Waals surface area contributed by atoms with Crippen LogP contribution in [-0.2, 0) is 0 Å². The van der Waals surface area contributed by atoms with E-state index in [1.165, 1.54) is 12.5 Å². The van der Waals surface area contributed by atoms with Crippen LogP contribution in [0.5, 0.6) is 0 Å². The molecule has 3 nitrogen and oxygen atoms in total. The zero-order valence-electron chi connectivity index (χ0n) is 11.9. The number of aliphatic hydroxyl groups excluding tert-OH is 1. The Bertz CT molecular complexity index is 436. The monoisotopic (exact) mass is 266 g/mol. The molecule has 1 aliphatic heterocycles. The fraction of sp³-hybridized carbons (Fsp3) is 0.600. The van der Waals surface area contributed by atoms with Crippen molar-refractivity contribution in [2.45, 2.75) is 31.9 Å². The molecule has 19 heavy (non-hydrogen) atoms. The fourth-order valence-electron chi connectivity index (χ4n) is 2.89. The lowest BCUT2D eigenvalue weighted by Gasteiger charge is -2.29. The number of anilines is 1. The summed E-state index contributed by atoms with van der Waals surface area (Å²) in [5.74, 6) is -0.262. The first-order chi connectivity index (χ1) is 9.00. The molecule has 4 heteroatoms. The van der Waals surface area contributed by atoms with Gasteiger partial charge in [0.1, 0.15) is 5.82 Å². The van der Waals surface area contributed by atoms with Crippen LogP contribution < -0.4 is 4.90 Å². The Labute approximate surface area is 114 Å². The SMILES string of the molecule is CC(O)c1cccc(F)c1N(C)CC1CCCN1C. The van der Waals surface area contributed by atoms with E-state index in [0.29, 0.717) is 17.3 Å². The number of likely N-dealkylation sites (N-methyl/N-ethyl adjacent to an activating group) is 2. The minimum Gasteiger partial charge on any atom is -0.389 e. The molecule has 0 spiro atoms. The van der Waals surface area contributed by atoms with Gasteiger partial charge in [0.05, 0.1) is 11.8 Å². The normalized spacial score (nSPS) is 21.6. The third-order valence-electron chi connectivity index (χ3n) is 4.01. The van der Waals surface area contributed by atoms with Crippen LogP contribution in [0.1, 0.15) is 31.4 Å². The van der Waals surface area contributed by atoms with Crippen LogP contribution in [0.2, 0.25) is 0 Å². The van der Waals surface area contributed by atoms with Gasteiger partial charge in [0.25, 0.3) is 0 Å². The zero-order chi connectivity index (χ0) is 14.0. The molecule has 1 N–H and O–H groups in total. The molecule has 1 fully saturated rings. The van der Waals surface area contributed by atoms with Gasteiger partial charge < -0.3 is 14.9 Å². The smallest absolute Gasteiger partial charge is 0.146 e. The first-order valence-electron chi connectivity index (χ1n) is 6.88. The molecule has 2 rings (SSSR count). The second-order valence-electron chi connectivity index (χ2n) is 5.51.